The van der Waals surface area contributed by atoms with Gasteiger partial charge in [-0.25, -0.2) is 4.79 Å². The largest absolute Gasteiger partial charge is 0.480 e. The average Bonchev–Trinajstić information content (AvgIpc) is 2.49. The maximum absolute atomic E-state index is 11.8. The monoisotopic (exact) mass is 293 g/mol. The van der Waals surface area contributed by atoms with Crippen LogP contribution in [0.3, 0.4) is 0 Å². The summed E-state index contributed by atoms with van der Waals surface area (Å²) in [5, 5.41) is 20.3. The number of aryl methyl sites for hydroxylation is 1. The summed E-state index contributed by atoms with van der Waals surface area (Å²) in [5.74, 6) is -1.25. The van der Waals surface area contributed by atoms with E-state index in [0.29, 0.717) is 25.7 Å². The molecule has 1 aromatic carbocycles. The fraction of sp³-hybridized carbons (Fsp3) is 0.500. The quantitative estimate of drug-likeness (QED) is 0.573. The first kappa shape index (κ1) is 17.2. The van der Waals surface area contributed by atoms with Crippen molar-refractivity contribution in [2.24, 2.45) is 0 Å². The number of carboxylic acid groups (broad SMARTS) is 1. The first-order valence-electron chi connectivity index (χ1n) is 7.30. The second-order valence-electron chi connectivity index (χ2n) is 5.02. The van der Waals surface area contributed by atoms with E-state index in [4.69, 9.17) is 10.2 Å². The predicted octanol–water partition coefficient (Wildman–Crippen LogP) is 1.74. The molecule has 5 nitrogen and oxygen atoms in total. The van der Waals surface area contributed by atoms with Crippen molar-refractivity contribution in [2.75, 3.05) is 6.61 Å². The van der Waals surface area contributed by atoms with E-state index in [1.54, 1.807) is 0 Å². The number of unbranched alkanes of at least 4 members (excludes halogenated alkanes) is 2. The Bertz CT molecular complexity index is 433. The number of aliphatic carboxylic acids is 1. The number of aliphatic hydroxyl groups is 1. The zero-order chi connectivity index (χ0) is 15.5. The van der Waals surface area contributed by atoms with E-state index in [1.807, 2.05) is 30.3 Å². The van der Waals surface area contributed by atoms with E-state index in [9.17, 15) is 9.59 Å². The summed E-state index contributed by atoms with van der Waals surface area (Å²) in [4.78, 5) is 22.9. The molecule has 1 aromatic rings. The standard InChI is InChI=1S/C16H23NO4/c18-12-6-2-5-9-14(16(20)21)17-15(19)11-10-13-7-3-1-4-8-13/h1,3-4,7-8,14,18H,2,5-6,9-12H2,(H,17,19)(H,20,21). The number of rotatable bonds is 10. The third-order valence-electron chi connectivity index (χ3n) is 3.27. The van der Waals surface area contributed by atoms with Crippen molar-refractivity contribution >= 4 is 11.9 Å². The van der Waals surface area contributed by atoms with E-state index in [-0.39, 0.29) is 18.9 Å². The van der Waals surface area contributed by atoms with Gasteiger partial charge in [-0.1, -0.05) is 43.2 Å². The third kappa shape index (κ3) is 7.46. The van der Waals surface area contributed by atoms with E-state index < -0.39 is 12.0 Å². The summed E-state index contributed by atoms with van der Waals surface area (Å²) in [6.07, 6.45) is 3.38. The Kier molecular flexibility index (Phi) is 8.12. The molecule has 1 atom stereocenters. The topological polar surface area (TPSA) is 86.6 Å². The predicted molar refractivity (Wildman–Crippen MR) is 79.9 cm³/mol. The van der Waals surface area contributed by atoms with Gasteiger partial charge in [0.2, 0.25) is 5.91 Å². The van der Waals surface area contributed by atoms with Gasteiger partial charge in [-0.05, 0) is 24.8 Å². The molecule has 0 aliphatic rings. The molecule has 1 unspecified atom stereocenters. The summed E-state index contributed by atoms with van der Waals surface area (Å²) in [6.45, 7) is 0.112. The lowest BCUT2D eigenvalue weighted by Gasteiger charge is -2.14. The van der Waals surface area contributed by atoms with Gasteiger partial charge in [-0.15, -0.1) is 0 Å². The van der Waals surface area contributed by atoms with Gasteiger partial charge < -0.3 is 15.5 Å². The Balaban J connectivity index is 2.33. The molecule has 0 radical (unpaired) electrons. The van der Waals surface area contributed by atoms with Crippen molar-refractivity contribution in [2.45, 2.75) is 44.6 Å². The number of carbonyl (C=O) groups is 2. The Morgan fingerprint density at radius 2 is 1.81 bits per heavy atom. The van der Waals surface area contributed by atoms with Crippen molar-refractivity contribution in [3.8, 4) is 0 Å². The number of hydrogen-bond acceptors (Lipinski definition) is 3. The van der Waals surface area contributed by atoms with E-state index in [1.165, 1.54) is 0 Å². The SMILES string of the molecule is O=C(CCc1ccccc1)NC(CCCCCO)C(=O)O. The van der Waals surface area contributed by atoms with Crippen molar-refractivity contribution in [1.82, 2.24) is 5.32 Å². The van der Waals surface area contributed by atoms with Gasteiger partial charge in [-0.3, -0.25) is 4.79 Å². The molecule has 0 fully saturated rings. The number of carbonyl (C=O) groups excluding carboxylic acids is 1. The summed E-state index contributed by atoms with van der Waals surface area (Å²) >= 11 is 0. The molecular formula is C16H23NO4. The molecule has 0 aliphatic carbocycles. The van der Waals surface area contributed by atoms with Crippen LogP contribution in [0.15, 0.2) is 30.3 Å². The van der Waals surface area contributed by atoms with Crippen LogP contribution in [-0.2, 0) is 16.0 Å². The first-order chi connectivity index (χ1) is 10.1. The number of aliphatic hydroxyl groups excluding tert-OH is 1. The number of nitrogens with one attached hydrogen (secondary N) is 1. The number of hydrogen-bond donors (Lipinski definition) is 3. The highest BCUT2D eigenvalue weighted by molar-refractivity contribution is 5.83. The second kappa shape index (κ2) is 9.94. The number of benzene rings is 1. The maximum atomic E-state index is 11.8. The van der Waals surface area contributed by atoms with Crippen molar-refractivity contribution < 1.29 is 19.8 Å². The number of amides is 1. The fourth-order valence-corrected chi connectivity index (χ4v) is 2.06. The number of carboxylic acids is 1. The van der Waals surface area contributed by atoms with Crippen LogP contribution in [0, 0.1) is 0 Å². The molecule has 0 heterocycles. The summed E-state index contributed by atoms with van der Waals surface area (Å²) in [7, 11) is 0. The Morgan fingerprint density at radius 3 is 2.43 bits per heavy atom. The highest BCUT2D eigenvalue weighted by atomic mass is 16.4. The Hall–Kier alpha value is -1.88. The van der Waals surface area contributed by atoms with Gasteiger partial charge in [-0.2, -0.15) is 0 Å². The van der Waals surface area contributed by atoms with Crippen LogP contribution < -0.4 is 5.32 Å². The zero-order valence-electron chi connectivity index (χ0n) is 12.1. The van der Waals surface area contributed by atoms with Gasteiger partial charge in [0.1, 0.15) is 6.04 Å². The van der Waals surface area contributed by atoms with Crippen LogP contribution in [0.25, 0.3) is 0 Å². The molecule has 0 spiro atoms. The minimum absolute atomic E-state index is 0.112. The van der Waals surface area contributed by atoms with Crippen molar-refractivity contribution in [1.29, 1.82) is 0 Å². The molecule has 0 saturated heterocycles. The van der Waals surface area contributed by atoms with Crippen LogP contribution >= 0.6 is 0 Å². The summed E-state index contributed by atoms with van der Waals surface area (Å²) in [6, 6.07) is 8.78. The molecule has 0 saturated carbocycles. The van der Waals surface area contributed by atoms with Crippen molar-refractivity contribution in [3.63, 3.8) is 0 Å². The third-order valence-corrected chi connectivity index (χ3v) is 3.27. The van der Waals surface area contributed by atoms with E-state index >= 15 is 0 Å². The highest BCUT2D eigenvalue weighted by Crippen LogP contribution is 2.06. The molecule has 116 valence electrons. The Morgan fingerprint density at radius 1 is 1.10 bits per heavy atom. The fourth-order valence-electron chi connectivity index (χ4n) is 2.06. The molecule has 1 rings (SSSR count). The molecule has 21 heavy (non-hydrogen) atoms. The summed E-state index contributed by atoms with van der Waals surface area (Å²) in [5.41, 5.74) is 1.06. The van der Waals surface area contributed by atoms with Gasteiger partial charge in [0, 0.05) is 13.0 Å². The van der Waals surface area contributed by atoms with E-state index in [0.717, 1.165) is 12.0 Å². The average molecular weight is 293 g/mol. The van der Waals surface area contributed by atoms with Gasteiger partial charge in [0.15, 0.2) is 0 Å². The molecular weight excluding hydrogens is 270 g/mol. The van der Waals surface area contributed by atoms with Gasteiger partial charge >= 0.3 is 5.97 Å². The second-order valence-corrected chi connectivity index (χ2v) is 5.02. The molecule has 5 heteroatoms. The lowest BCUT2D eigenvalue weighted by molar-refractivity contribution is -0.142. The minimum atomic E-state index is -1.01. The highest BCUT2D eigenvalue weighted by Gasteiger charge is 2.19. The van der Waals surface area contributed by atoms with Crippen LogP contribution in [0.5, 0.6) is 0 Å². The molecule has 3 N–H and O–H groups in total. The smallest absolute Gasteiger partial charge is 0.326 e. The van der Waals surface area contributed by atoms with E-state index in [2.05, 4.69) is 5.32 Å². The minimum Gasteiger partial charge on any atom is -0.480 e. The summed E-state index contributed by atoms with van der Waals surface area (Å²) < 4.78 is 0. The first-order valence-corrected chi connectivity index (χ1v) is 7.30. The molecule has 0 bridgehead atoms. The van der Waals surface area contributed by atoms with Gasteiger partial charge in [0.25, 0.3) is 0 Å². The Labute approximate surface area is 125 Å². The molecule has 0 aromatic heterocycles. The van der Waals surface area contributed by atoms with Crippen molar-refractivity contribution in [3.05, 3.63) is 35.9 Å². The lowest BCUT2D eigenvalue weighted by atomic mass is 10.1. The molecule has 1 amide bonds. The van der Waals surface area contributed by atoms with Crippen LogP contribution in [0.1, 0.15) is 37.7 Å². The zero-order valence-corrected chi connectivity index (χ0v) is 12.1. The normalized spacial score (nSPS) is 11.9. The maximum Gasteiger partial charge on any atom is 0.326 e. The molecule has 0 aliphatic heterocycles. The van der Waals surface area contributed by atoms with Gasteiger partial charge in [0.05, 0.1) is 0 Å². The van der Waals surface area contributed by atoms with Crippen LogP contribution in [-0.4, -0.2) is 34.7 Å². The van der Waals surface area contributed by atoms with Crippen LogP contribution in [0.2, 0.25) is 0 Å². The lowest BCUT2D eigenvalue weighted by Crippen LogP contribution is -2.40. The van der Waals surface area contributed by atoms with Crippen LogP contribution in [0.4, 0.5) is 0 Å².